The molecular weight excluding hydrogens is 214 g/mol. The summed E-state index contributed by atoms with van der Waals surface area (Å²) in [5, 5.41) is 0. The summed E-state index contributed by atoms with van der Waals surface area (Å²) < 4.78 is 0. The van der Waals surface area contributed by atoms with Crippen molar-refractivity contribution >= 4 is 11.8 Å². The van der Waals surface area contributed by atoms with Gasteiger partial charge < -0.3 is 4.90 Å². The number of rotatable bonds is 5. The molecule has 0 spiro atoms. The summed E-state index contributed by atoms with van der Waals surface area (Å²) in [6.45, 7) is 9.58. The van der Waals surface area contributed by atoms with Crippen LogP contribution in [0.5, 0.6) is 0 Å². The molecule has 1 aliphatic heterocycles. The van der Waals surface area contributed by atoms with E-state index in [0.717, 1.165) is 12.0 Å². The van der Waals surface area contributed by atoms with E-state index in [2.05, 4.69) is 37.4 Å². The Morgan fingerprint density at radius 2 is 2.06 bits per heavy atom. The van der Waals surface area contributed by atoms with E-state index < -0.39 is 0 Å². The van der Waals surface area contributed by atoms with Gasteiger partial charge >= 0.3 is 0 Å². The topological polar surface area (TPSA) is 3.24 Å². The molecule has 1 unspecified atom stereocenters. The lowest BCUT2D eigenvalue weighted by Gasteiger charge is -2.31. The van der Waals surface area contributed by atoms with E-state index >= 15 is 0 Å². The van der Waals surface area contributed by atoms with Crippen LogP contribution < -0.4 is 0 Å². The summed E-state index contributed by atoms with van der Waals surface area (Å²) in [4.78, 5) is 2.67. The molecule has 16 heavy (non-hydrogen) atoms. The van der Waals surface area contributed by atoms with Gasteiger partial charge in [-0.25, -0.2) is 0 Å². The molecule has 0 amide bonds. The van der Waals surface area contributed by atoms with Crippen molar-refractivity contribution < 1.29 is 0 Å². The SMILES string of the molecule is CCCN(CC1CCCCCSC1)C(C)C. The summed E-state index contributed by atoms with van der Waals surface area (Å²) >= 11 is 2.18. The Labute approximate surface area is 106 Å². The van der Waals surface area contributed by atoms with Gasteiger partial charge in [0.2, 0.25) is 0 Å². The third-order valence-electron chi connectivity index (χ3n) is 3.49. The average molecular weight is 243 g/mol. The van der Waals surface area contributed by atoms with E-state index in [4.69, 9.17) is 0 Å². The smallest absolute Gasteiger partial charge is 0.00387 e. The highest BCUT2D eigenvalue weighted by Gasteiger charge is 2.17. The van der Waals surface area contributed by atoms with E-state index in [-0.39, 0.29) is 0 Å². The molecule has 1 nitrogen and oxygen atoms in total. The zero-order valence-corrected chi connectivity index (χ0v) is 12.2. The second-order valence-corrected chi connectivity index (χ2v) is 6.53. The van der Waals surface area contributed by atoms with Gasteiger partial charge in [0.05, 0.1) is 0 Å². The molecule has 1 saturated heterocycles. The van der Waals surface area contributed by atoms with Crippen molar-refractivity contribution in [1.82, 2.24) is 4.90 Å². The lowest BCUT2D eigenvalue weighted by Crippen LogP contribution is -2.36. The van der Waals surface area contributed by atoms with E-state index in [9.17, 15) is 0 Å². The normalized spacial score (nSPS) is 23.4. The molecule has 0 radical (unpaired) electrons. The summed E-state index contributed by atoms with van der Waals surface area (Å²) in [5.74, 6) is 3.73. The fourth-order valence-electron chi connectivity index (χ4n) is 2.47. The molecule has 0 saturated carbocycles. The molecular formula is C14H29NS. The van der Waals surface area contributed by atoms with Gasteiger partial charge in [-0.15, -0.1) is 0 Å². The van der Waals surface area contributed by atoms with Crippen molar-refractivity contribution in [2.45, 2.75) is 58.9 Å². The molecule has 1 heterocycles. The van der Waals surface area contributed by atoms with Gasteiger partial charge in [0.25, 0.3) is 0 Å². The molecule has 1 rings (SSSR count). The van der Waals surface area contributed by atoms with Crippen LogP contribution in [0, 0.1) is 5.92 Å². The number of hydrogen-bond donors (Lipinski definition) is 0. The van der Waals surface area contributed by atoms with Crippen molar-refractivity contribution in [3.05, 3.63) is 0 Å². The van der Waals surface area contributed by atoms with Gasteiger partial charge in [0.15, 0.2) is 0 Å². The fourth-order valence-corrected chi connectivity index (χ4v) is 3.65. The van der Waals surface area contributed by atoms with Crippen LogP contribution in [-0.2, 0) is 0 Å². The minimum atomic E-state index is 0.718. The molecule has 0 N–H and O–H groups in total. The zero-order chi connectivity index (χ0) is 11.8. The molecule has 0 bridgehead atoms. The van der Waals surface area contributed by atoms with Crippen LogP contribution in [0.25, 0.3) is 0 Å². The quantitative estimate of drug-likeness (QED) is 0.717. The standard InChI is InChI=1S/C14H29NS/c1-4-9-15(13(2)3)11-14-8-6-5-7-10-16-12-14/h13-14H,4-12H2,1-3H3. The van der Waals surface area contributed by atoms with E-state index in [1.807, 2.05) is 0 Å². The maximum Gasteiger partial charge on any atom is 0.00387 e. The lowest BCUT2D eigenvalue weighted by atomic mass is 10.0. The first kappa shape index (κ1) is 14.4. The van der Waals surface area contributed by atoms with Crippen LogP contribution >= 0.6 is 11.8 Å². The molecule has 0 aromatic rings. The highest BCUT2D eigenvalue weighted by atomic mass is 32.2. The Morgan fingerprint density at radius 1 is 1.25 bits per heavy atom. The van der Waals surface area contributed by atoms with Crippen LogP contribution in [0.15, 0.2) is 0 Å². The van der Waals surface area contributed by atoms with Gasteiger partial charge in [-0.1, -0.05) is 19.8 Å². The average Bonchev–Trinajstić information content (AvgIpc) is 2.20. The van der Waals surface area contributed by atoms with Gasteiger partial charge in [-0.2, -0.15) is 11.8 Å². The first-order valence-corrected chi connectivity index (χ1v) is 8.21. The lowest BCUT2D eigenvalue weighted by molar-refractivity contribution is 0.188. The van der Waals surface area contributed by atoms with Crippen LogP contribution in [0.2, 0.25) is 0 Å². The molecule has 0 aromatic heterocycles. The van der Waals surface area contributed by atoms with Crippen molar-refractivity contribution in [1.29, 1.82) is 0 Å². The summed E-state index contributed by atoms with van der Waals surface area (Å²) in [7, 11) is 0. The summed E-state index contributed by atoms with van der Waals surface area (Å²) in [5.41, 5.74) is 0. The fraction of sp³-hybridized carbons (Fsp3) is 1.00. The van der Waals surface area contributed by atoms with Gasteiger partial charge in [0, 0.05) is 12.6 Å². The Hall–Kier alpha value is 0.310. The van der Waals surface area contributed by atoms with Crippen LogP contribution in [0.1, 0.15) is 52.9 Å². The number of hydrogen-bond acceptors (Lipinski definition) is 2. The van der Waals surface area contributed by atoms with Crippen molar-refractivity contribution in [3.8, 4) is 0 Å². The predicted molar refractivity (Wildman–Crippen MR) is 76.3 cm³/mol. The highest BCUT2D eigenvalue weighted by Crippen LogP contribution is 2.22. The zero-order valence-electron chi connectivity index (χ0n) is 11.4. The molecule has 1 aliphatic rings. The summed E-state index contributed by atoms with van der Waals surface area (Å²) in [6.07, 6.45) is 7.11. The third-order valence-corrected chi connectivity index (χ3v) is 4.77. The Bertz CT molecular complexity index is 162. The van der Waals surface area contributed by atoms with Crippen molar-refractivity contribution in [2.75, 3.05) is 24.6 Å². The van der Waals surface area contributed by atoms with Crippen molar-refractivity contribution in [3.63, 3.8) is 0 Å². The highest BCUT2D eigenvalue weighted by molar-refractivity contribution is 7.99. The first-order valence-electron chi connectivity index (χ1n) is 7.05. The Balaban J connectivity index is 2.35. The van der Waals surface area contributed by atoms with Crippen LogP contribution in [0.4, 0.5) is 0 Å². The van der Waals surface area contributed by atoms with E-state index in [0.29, 0.717) is 0 Å². The minimum absolute atomic E-state index is 0.718. The van der Waals surface area contributed by atoms with Crippen LogP contribution in [-0.4, -0.2) is 35.5 Å². The molecule has 96 valence electrons. The first-order chi connectivity index (χ1) is 7.74. The molecule has 2 heteroatoms. The molecule has 1 atom stereocenters. The largest absolute Gasteiger partial charge is 0.301 e. The molecule has 1 fully saturated rings. The molecule has 0 aliphatic carbocycles. The summed E-state index contributed by atoms with van der Waals surface area (Å²) in [6, 6.07) is 0.718. The maximum atomic E-state index is 2.67. The van der Waals surface area contributed by atoms with E-state index in [1.165, 1.54) is 56.7 Å². The van der Waals surface area contributed by atoms with Crippen molar-refractivity contribution in [2.24, 2.45) is 5.92 Å². The van der Waals surface area contributed by atoms with E-state index in [1.54, 1.807) is 0 Å². The monoisotopic (exact) mass is 243 g/mol. The second-order valence-electron chi connectivity index (χ2n) is 5.38. The van der Waals surface area contributed by atoms with Crippen LogP contribution in [0.3, 0.4) is 0 Å². The molecule has 0 aromatic carbocycles. The van der Waals surface area contributed by atoms with Gasteiger partial charge in [0.1, 0.15) is 0 Å². The minimum Gasteiger partial charge on any atom is -0.301 e. The predicted octanol–water partition coefficient (Wildman–Crippen LogP) is 4.03. The Morgan fingerprint density at radius 3 is 2.75 bits per heavy atom. The van der Waals surface area contributed by atoms with Gasteiger partial charge in [-0.3, -0.25) is 0 Å². The maximum absolute atomic E-state index is 2.67. The van der Waals surface area contributed by atoms with Gasteiger partial charge in [-0.05, 0) is 57.1 Å². The number of thioether (sulfide) groups is 1. The second kappa shape index (κ2) is 8.41. The third kappa shape index (κ3) is 5.58. The Kier molecular flexibility index (Phi) is 7.55. The number of nitrogens with zero attached hydrogens (tertiary/aromatic N) is 1.